The first kappa shape index (κ1) is 15.6. The minimum absolute atomic E-state index is 0.286. The molecule has 0 saturated heterocycles. The van der Waals surface area contributed by atoms with Crippen LogP contribution in [0.5, 0.6) is 5.75 Å². The molecule has 2 aliphatic rings. The topological polar surface area (TPSA) is 42.4 Å². The molecule has 1 heterocycles. The molecule has 126 valence electrons. The van der Waals surface area contributed by atoms with Gasteiger partial charge in [0.2, 0.25) is 5.91 Å². The summed E-state index contributed by atoms with van der Waals surface area (Å²) in [4.78, 5) is 19.1. The molecule has 0 atom stereocenters. The van der Waals surface area contributed by atoms with Crippen molar-refractivity contribution in [1.29, 1.82) is 0 Å². The molecule has 0 aliphatic heterocycles. The third-order valence-corrected chi connectivity index (χ3v) is 5.35. The Hall–Kier alpha value is -1.88. The van der Waals surface area contributed by atoms with Crippen LogP contribution in [-0.4, -0.2) is 21.8 Å². The number of hydrogen-bond donors (Lipinski definition) is 0. The Bertz CT molecular complexity index is 734. The van der Waals surface area contributed by atoms with Gasteiger partial charge in [0.05, 0.1) is 12.2 Å². The van der Waals surface area contributed by atoms with E-state index in [9.17, 15) is 4.79 Å². The number of benzene rings is 1. The van der Waals surface area contributed by atoms with Crippen molar-refractivity contribution in [2.75, 3.05) is 0 Å². The number of aromatic nitrogens is 1. The number of amides is 1. The van der Waals surface area contributed by atoms with Crippen molar-refractivity contribution in [2.45, 2.75) is 51.8 Å². The number of rotatable bonds is 7. The second kappa shape index (κ2) is 6.55. The van der Waals surface area contributed by atoms with E-state index < -0.39 is 0 Å². The molecule has 0 N–H and O–H groups in total. The lowest BCUT2D eigenvalue weighted by Gasteiger charge is -2.21. The van der Waals surface area contributed by atoms with Crippen LogP contribution in [0.25, 0.3) is 0 Å². The number of carbonyl (C=O) groups excluding carboxylic acids is 1. The number of carbonyl (C=O) groups is 1. The van der Waals surface area contributed by atoms with Crippen molar-refractivity contribution < 1.29 is 9.53 Å². The number of ether oxygens (including phenoxy) is 1. The second-order valence-corrected chi connectivity index (χ2v) is 7.75. The molecule has 0 bridgehead atoms. The molecule has 2 aliphatic carbocycles. The highest BCUT2D eigenvalue weighted by molar-refractivity contribution is 7.09. The minimum Gasteiger partial charge on any atom is -0.486 e. The van der Waals surface area contributed by atoms with Gasteiger partial charge in [-0.15, -0.1) is 11.3 Å². The first-order valence-corrected chi connectivity index (χ1v) is 9.50. The first-order valence-electron chi connectivity index (χ1n) is 8.62. The van der Waals surface area contributed by atoms with Crippen molar-refractivity contribution in [3.8, 4) is 5.75 Å². The molecule has 1 aromatic carbocycles. The summed E-state index contributed by atoms with van der Waals surface area (Å²) in [5.74, 6) is 1.49. The maximum Gasteiger partial charge on any atom is 0.226 e. The summed E-state index contributed by atoms with van der Waals surface area (Å²) in [7, 11) is 0. The molecule has 2 fully saturated rings. The van der Waals surface area contributed by atoms with Gasteiger partial charge in [-0.2, -0.15) is 0 Å². The molecule has 24 heavy (non-hydrogen) atoms. The second-order valence-electron chi connectivity index (χ2n) is 6.81. The highest BCUT2D eigenvalue weighted by atomic mass is 32.1. The fourth-order valence-electron chi connectivity index (χ4n) is 2.85. The highest BCUT2D eigenvalue weighted by Gasteiger charge is 2.40. The summed E-state index contributed by atoms with van der Waals surface area (Å²) in [6, 6.07) is 8.49. The van der Waals surface area contributed by atoms with Crippen LogP contribution in [0.15, 0.2) is 29.6 Å². The largest absolute Gasteiger partial charge is 0.486 e. The fraction of sp³-hybridized carbons (Fsp3) is 0.474. The molecule has 2 aromatic rings. The van der Waals surface area contributed by atoms with Crippen LogP contribution in [0.4, 0.5) is 0 Å². The Morgan fingerprint density at radius 3 is 2.88 bits per heavy atom. The number of aryl methyl sites for hydroxylation is 1. The Kier molecular flexibility index (Phi) is 4.27. The molecular formula is C19H22N2O2S. The standard InChI is InChI=1S/C19H22N2O2S/c1-13-3-2-4-17(9-13)23-11-18-20-15(12-24-18)10-21(16-7-8-16)19(22)14-5-6-14/h2-4,9,12,14,16H,5-8,10-11H2,1H3. The van der Waals surface area contributed by atoms with E-state index in [4.69, 9.17) is 4.74 Å². The van der Waals surface area contributed by atoms with Crippen molar-refractivity contribution in [2.24, 2.45) is 5.92 Å². The monoisotopic (exact) mass is 342 g/mol. The number of nitrogens with zero attached hydrogens (tertiary/aromatic N) is 2. The predicted octanol–water partition coefficient (Wildman–Crippen LogP) is 3.93. The third-order valence-electron chi connectivity index (χ3n) is 4.48. The normalized spacial score (nSPS) is 16.9. The fourth-order valence-corrected chi connectivity index (χ4v) is 3.55. The zero-order chi connectivity index (χ0) is 16.5. The molecule has 0 radical (unpaired) electrons. The number of thiazole rings is 1. The maximum absolute atomic E-state index is 12.4. The average Bonchev–Trinajstić information content (AvgIpc) is 3.48. The van der Waals surface area contributed by atoms with Crippen LogP contribution in [0.3, 0.4) is 0 Å². The van der Waals surface area contributed by atoms with E-state index in [0.717, 1.165) is 42.1 Å². The van der Waals surface area contributed by atoms with E-state index in [1.54, 1.807) is 11.3 Å². The molecule has 4 rings (SSSR count). The summed E-state index contributed by atoms with van der Waals surface area (Å²) in [6.07, 6.45) is 4.42. The van der Waals surface area contributed by atoms with E-state index in [0.29, 0.717) is 25.1 Å². The van der Waals surface area contributed by atoms with Crippen LogP contribution < -0.4 is 4.74 Å². The van der Waals surface area contributed by atoms with Gasteiger partial charge in [0, 0.05) is 17.3 Å². The van der Waals surface area contributed by atoms with E-state index in [1.165, 1.54) is 5.56 Å². The van der Waals surface area contributed by atoms with Crippen molar-refractivity contribution >= 4 is 17.2 Å². The SMILES string of the molecule is Cc1cccc(OCc2nc(CN(C(=O)C3CC3)C3CC3)cs2)c1. The summed E-state index contributed by atoms with van der Waals surface area (Å²) in [5, 5.41) is 3.02. The van der Waals surface area contributed by atoms with E-state index in [1.807, 2.05) is 18.2 Å². The zero-order valence-electron chi connectivity index (χ0n) is 13.9. The van der Waals surface area contributed by atoms with Gasteiger partial charge in [0.15, 0.2) is 0 Å². The lowest BCUT2D eigenvalue weighted by molar-refractivity contribution is -0.133. The number of hydrogen-bond acceptors (Lipinski definition) is 4. The van der Waals surface area contributed by atoms with Crippen molar-refractivity contribution in [3.63, 3.8) is 0 Å². The summed E-state index contributed by atoms with van der Waals surface area (Å²) < 4.78 is 5.81. The van der Waals surface area contributed by atoms with Crippen molar-refractivity contribution in [1.82, 2.24) is 9.88 Å². The third kappa shape index (κ3) is 3.78. The molecule has 5 heteroatoms. The smallest absolute Gasteiger partial charge is 0.226 e. The molecule has 0 unspecified atom stereocenters. The van der Waals surface area contributed by atoms with Gasteiger partial charge in [-0.1, -0.05) is 12.1 Å². The summed E-state index contributed by atoms with van der Waals surface area (Å²) in [5.41, 5.74) is 2.18. The van der Waals surface area contributed by atoms with Crippen LogP contribution in [0.2, 0.25) is 0 Å². The van der Waals surface area contributed by atoms with E-state index in [2.05, 4.69) is 28.3 Å². The Labute approximate surface area is 146 Å². The molecule has 1 amide bonds. The molecule has 1 aromatic heterocycles. The molecule has 0 spiro atoms. The Balaban J connectivity index is 1.36. The van der Waals surface area contributed by atoms with Crippen LogP contribution >= 0.6 is 11.3 Å². The lowest BCUT2D eigenvalue weighted by atomic mass is 10.2. The molecule has 2 saturated carbocycles. The highest BCUT2D eigenvalue weighted by Crippen LogP contribution is 2.36. The van der Waals surface area contributed by atoms with Crippen molar-refractivity contribution in [3.05, 3.63) is 45.9 Å². The maximum atomic E-state index is 12.4. The van der Waals surface area contributed by atoms with Crippen LogP contribution in [0.1, 0.15) is 41.9 Å². The van der Waals surface area contributed by atoms with Gasteiger partial charge in [-0.3, -0.25) is 4.79 Å². The lowest BCUT2D eigenvalue weighted by Crippen LogP contribution is -2.33. The van der Waals surface area contributed by atoms with Gasteiger partial charge < -0.3 is 9.64 Å². The molecular weight excluding hydrogens is 320 g/mol. The average molecular weight is 342 g/mol. The van der Waals surface area contributed by atoms with Gasteiger partial charge in [-0.25, -0.2) is 4.98 Å². The Morgan fingerprint density at radius 2 is 2.17 bits per heavy atom. The summed E-state index contributed by atoms with van der Waals surface area (Å²) >= 11 is 1.61. The van der Waals surface area contributed by atoms with Gasteiger partial charge >= 0.3 is 0 Å². The minimum atomic E-state index is 0.286. The first-order chi connectivity index (χ1) is 11.7. The summed E-state index contributed by atoms with van der Waals surface area (Å²) in [6.45, 7) is 3.19. The van der Waals surface area contributed by atoms with Crippen LogP contribution in [-0.2, 0) is 17.9 Å². The quantitative estimate of drug-likeness (QED) is 0.765. The molecule has 4 nitrogen and oxygen atoms in total. The zero-order valence-corrected chi connectivity index (χ0v) is 14.7. The van der Waals surface area contributed by atoms with E-state index in [-0.39, 0.29) is 5.92 Å². The predicted molar refractivity (Wildman–Crippen MR) is 93.9 cm³/mol. The van der Waals surface area contributed by atoms with Gasteiger partial charge in [0.1, 0.15) is 17.4 Å². The Morgan fingerprint density at radius 1 is 1.33 bits per heavy atom. The van der Waals surface area contributed by atoms with E-state index >= 15 is 0 Å². The van der Waals surface area contributed by atoms with Crippen LogP contribution in [0, 0.1) is 12.8 Å². The van der Waals surface area contributed by atoms with Gasteiger partial charge in [-0.05, 0) is 50.3 Å². The van der Waals surface area contributed by atoms with Gasteiger partial charge in [0.25, 0.3) is 0 Å².